The molecule has 2 atom stereocenters. The van der Waals surface area contributed by atoms with E-state index < -0.39 is 40.3 Å². The Morgan fingerprint density at radius 2 is 1.74 bits per heavy atom. The van der Waals surface area contributed by atoms with Gasteiger partial charge in [0.1, 0.15) is 0 Å². The first-order valence-corrected chi connectivity index (χ1v) is 9.85. The lowest BCUT2D eigenvalue weighted by molar-refractivity contribution is -0.171. The van der Waals surface area contributed by atoms with Crippen molar-refractivity contribution in [2.75, 3.05) is 13.4 Å². The number of aryl methyl sites for hydroxylation is 1. The average Bonchev–Trinajstić information content (AvgIpc) is 2.58. The molecule has 27 heavy (non-hydrogen) atoms. The number of sulfone groups is 1. The molecule has 9 nitrogen and oxygen atoms in total. The molecule has 1 rings (SSSR count). The summed E-state index contributed by atoms with van der Waals surface area (Å²) in [5.41, 5.74) is 0.648. The van der Waals surface area contributed by atoms with E-state index >= 15 is 0 Å². The van der Waals surface area contributed by atoms with Crippen molar-refractivity contribution >= 4 is 27.9 Å². The van der Waals surface area contributed by atoms with E-state index in [0.29, 0.717) is 5.56 Å². The Morgan fingerprint density at radius 3 is 2.33 bits per heavy atom. The highest BCUT2D eigenvalue weighted by molar-refractivity contribution is 7.90. The van der Waals surface area contributed by atoms with E-state index in [-0.39, 0.29) is 17.7 Å². The van der Waals surface area contributed by atoms with Gasteiger partial charge in [-0.05, 0) is 31.0 Å². The van der Waals surface area contributed by atoms with Crippen LogP contribution in [0.1, 0.15) is 25.8 Å². The van der Waals surface area contributed by atoms with Gasteiger partial charge in [-0.25, -0.2) is 18.0 Å². The monoisotopic (exact) mass is 402 g/mol. The molecule has 1 aromatic carbocycles. The van der Waals surface area contributed by atoms with E-state index in [1.807, 2.05) is 0 Å². The summed E-state index contributed by atoms with van der Waals surface area (Å²) in [4.78, 5) is 34.6. The van der Waals surface area contributed by atoms with E-state index in [2.05, 4.69) is 9.47 Å². The number of carbonyl (C=O) groups is 3. The van der Waals surface area contributed by atoms with Gasteiger partial charge in [0, 0.05) is 19.6 Å². The van der Waals surface area contributed by atoms with E-state index in [9.17, 15) is 22.8 Å². The van der Waals surface area contributed by atoms with E-state index in [0.717, 1.165) is 13.4 Å². The molecule has 0 aliphatic heterocycles. The zero-order valence-electron chi connectivity index (χ0n) is 15.5. The molecule has 10 heteroatoms. The minimum Gasteiger partial charge on any atom is -0.466 e. The maximum Gasteiger partial charge on any atom is 0.512 e. The quantitative estimate of drug-likeness (QED) is 0.362. The van der Waals surface area contributed by atoms with Gasteiger partial charge >= 0.3 is 18.1 Å². The van der Waals surface area contributed by atoms with Crippen molar-refractivity contribution < 1.29 is 41.7 Å². The maximum absolute atomic E-state index is 11.8. The molecule has 1 unspecified atom stereocenters. The molecule has 0 radical (unpaired) electrons. The van der Waals surface area contributed by atoms with Crippen LogP contribution in [0.5, 0.6) is 0 Å². The number of esters is 2. The summed E-state index contributed by atoms with van der Waals surface area (Å²) < 4.78 is 41.7. The standard InChI is InChI=1S/C17H22O9S/c1-11(16(19)23-3)24-17(20)26-12(2)25-15(18)9-8-13-6-5-7-14(10-13)27(4,21)22/h5-7,10-12H,8-9H2,1-4H3/t11-,12?/m1/s1. The topological polar surface area (TPSA) is 122 Å². The number of hydrogen-bond donors (Lipinski definition) is 0. The van der Waals surface area contributed by atoms with Crippen LogP contribution in [0, 0.1) is 0 Å². The molecule has 1 aromatic rings. The number of hydrogen-bond acceptors (Lipinski definition) is 9. The van der Waals surface area contributed by atoms with Crippen molar-refractivity contribution in [3.63, 3.8) is 0 Å². The predicted molar refractivity (Wildman–Crippen MR) is 92.5 cm³/mol. The Hall–Kier alpha value is -2.62. The summed E-state index contributed by atoms with van der Waals surface area (Å²) in [5, 5.41) is 0. The lowest BCUT2D eigenvalue weighted by Crippen LogP contribution is -2.29. The zero-order valence-corrected chi connectivity index (χ0v) is 16.3. The summed E-state index contributed by atoms with van der Waals surface area (Å²) >= 11 is 0. The Bertz CT molecular complexity index is 785. The Morgan fingerprint density at radius 1 is 1.07 bits per heavy atom. The highest BCUT2D eigenvalue weighted by atomic mass is 32.2. The predicted octanol–water partition coefficient (Wildman–Crippen LogP) is 1.63. The smallest absolute Gasteiger partial charge is 0.466 e. The second kappa shape index (κ2) is 9.91. The van der Waals surface area contributed by atoms with Gasteiger partial charge in [-0.2, -0.15) is 0 Å². The molecule has 0 aromatic heterocycles. The van der Waals surface area contributed by atoms with Crippen molar-refractivity contribution in [1.29, 1.82) is 0 Å². The number of methoxy groups -OCH3 is 1. The molecular formula is C17H22O9S. The fourth-order valence-electron chi connectivity index (χ4n) is 1.97. The number of rotatable bonds is 8. The van der Waals surface area contributed by atoms with E-state index in [4.69, 9.17) is 9.47 Å². The largest absolute Gasteiger partial charge is 0.512 e. The number of carbonyl (C=O) groups excluding carboxylic acids is 3. The number of benzene rings is 1. The molecule has 0 amide bonds. The van der Waals surface area contributed by atoms with Crippen LogP contribution in [-0.4, -0.2) is 52.3 Å². The van der Waals surface area contributed by atoms with Crippen molar-refractivity contribution in [3.05, 3.63) is 29.8 Å². The summed E-state index contributed by atoms with van der Waals surface area (Å²) in [6.07, 6.45) is -2.27. The van der Waals surface area contributed by atoms with Gasteiger partial charge in [0.05, 0.1) is 12.0 Å². The molecule has 0 N–H and O–H groups in total. The Balaban J connectivity index is 2.46. The fourth-order valence-corrected chi connectivity index (χ4v) is 2.66. The van der Waals surface area contributed by atoms with Gasteiger partial charge in [-0.3, -0.25) is 4.79 Å². The van der Waals surface area contributed by atoms with Gasteiger partial charge in [0.25, 0.3) is 0 Å². The van der Waals surface area contributed by atoms with Gasteiger partial charge in [0.2, 0.25) is 6.29 Å². The molecule has 0 heterocycles. The number of ether oxygens (including phenoxy) is 4. The van der Waals surface area contributed by atoms with Crippen molar-refractivity contribution in [2.24, 2.45) is 0 Å². The molecular weight excluding hydrogens is 380 g/mol. The maximum atomic E-state index is 11.8. The fraction of sp³-hybridized carbons (Fsp3) is 0.471. The third-order valence-corrected chi connectivity index (χ3v) is 4.42. The molecule has 0 aliphatic carbocycles. The summed E-state index contributed by atoms with van der Waals surface area (Å²) in [7, 11) is -2.19. The second-order valence-electron chi connectivity index (χ2n) is 5.63. The van der Waals surface area contributed by atoms with Crippen LogP contribution >= 0.6 is 0 Å². The van der Waals surface area contributed by atoms with E-state index in [1.54, 1.807) is 12.1 Å². The van der Waals surface area contributed by atoms with Crippen LogP contribution in [0.2, 0.25) is 0 Å². The van der Waals surface area contributed by atoms with Gasteiger partial charge in [-0.1, -0.05) is 12.1 Å². The summed E-state index contributed by atoms with van der Waals surface area (Å²) in [6, 6.07) is 6.22. The molecule has 150 valence electrons. The van der Waals surface area contributed by atoms with Crippen molar-refractivity contribution in [3.8, 4) is 0 Å². The lowest BCUT2D eigenvalue weighted by Gasteiger charge is -2.15. The summed E-state index contributed by atoms with van der Waals surface area (Å²) in [5.74, 6) is -1.41. The van der Waals surface area contributed by atoms with E-state index in [1.165, 1.54) is 26.0 Å². The van der Waals surface area contributed by atoms with Gasteiger partial charge in [0.15, 0.2) is 15.9 Å². The zero-order chi connectivity index (χ0) is 20.6. The highest BCUT2D eigenvalue weighted by Gasteiger charge is 2.22. The minimum absolute atomic E-state index is 0.0471. The van der Waals surface area contributed by atoms with Crippen LogP contribution < -0.4 is 0 Å². The molecule has 0 spiro atoms. The van der Waals surface area contributed by atoms with Crippen LogP contribution in [-0.2, 0) is 44.8 Å². The van der Waals surface area contributed by atoms with Crippen LogP contribution in [0.25, 0.3) is 0 Å². The first kappa shape index (κ1) is 22.4. The normalized spacial score (nSPS) is 13.2. The van der Waals surface area contributed by atoms with Crippen LogP contribution in [0.15, 0.2) is 29.2 Å². The third-order valence-electron chi connectivity index (χ3n) is 3.31. The average molecular weight is 402 g/mol. The van der Waals surface area contributed by atoms with Crippen LogP contribution in [0.3, 0.4) is 0 Å². The Kier molecular flexibility index (Phi) is 8.23. The molecule has 0 aliphatic rings. The molecule has 0 fully saturated rings. The van der Waals surface area contributed by atoms with Crippen molar-refractivity contribution in [2.45, 2.75) is 44.0 Å². The minimum atomic E-state index is -3.34. The van der Waals surface area contributed by atoms with Crippen molar-refractivity contribution in [1.82, 2.24) is 0 Å². The first-order chi connectivity index (χ1) is 12.5. The highest BCUT2D eigenvalue weighted by Crippen LogP contribution is 2.13. The molecule has 0 saturated carbocycles. The SMILES string of the molecule is COC(=O)[C@@H](C)OC(=O)OC(C)OC(=O)CCc1cccc(S(C)(=O)=O)c1. The second-order valence-corrected chi connectivity index (χ2v) is 7.64. The summed E-state index contributed by atoms with van der Waals surface area (Å²) in [6.45, 7) is 2.61. The first-order valence-electron chi connectivity index (χ1n) is 7.96. The van der Waals surface area contributed by atoms with Crippen LogP contribution in [0.4, 0.5) is 4.79 Å². The molecule has 0 bridgehead atoms. The Labute approximate surface area is 157 Å². The molecule has 0 saturated heterocycles. The lowest BCUT2D eigenvalue weighted by atomic mass is 10.1. The van der Waals surface area contributed by atoms with Gasteiger partial charge < -0.3 is 18.9 Å². The third kappa shape index (κ3) is 8.07. The van der Waals surface area contributed by atoms with Gasteiger partial charge in [-0.15, -0.1) is 0 Å².